The van der Waals surface area contributed by atoms with Crippen LogP contribution in [0.25, 0.3) is 22.3 Å². The maximum Gasteiger partial charge on any atom is 0.253 e. The lowest BCUT2D eigenvalue weighted by atomic mass is 10.1. The van der Waals surface area contributed by atoms with Crippen molar-refractivity contribution in [1.82, 2.24) is 0 Å². The minimum absolute atomic E-state index is 0.0516. The number of hydrogen-bond donors (Lipinski definition) is 4. The third kappa shape index (κ3) is 3.04. The highest BCUT2D eigenvalue weighted by atomic mass is 16.8. The van der Waals surface area contributed by atoms with E-state index in [1.165, 1.54) is 18.2 Å². The summed E-state index contributed by atoms with van der Waals surface area (Å²) in [6.45, 7) is -0.202. The molecule has 0 bridgehead atoms. The van der Waals surface area contributed by atoms with Crippen LogP contribution in [0.3, 0.4) is 0 Å². The Kier molecular flexibility index (Phi) is 4.11. The molecule has 4 N–H and O–H groups in total. The van der Waals surface area contributed by atoms with Gasteiger partial charge in [-0.15, -0.1) is 0 Å². The number of aliphatic hydroxyl groups excluding tert-OH is 1. The van der Waals surface area contributed by atoms with Gasteiger partial charge in [-0.25, -0.2) is 0 Å². The maximum absolute atomic E-state index is 12.4. The van der Waals surface area contributed by atoms with Crippen LogP contribution in [0, 0.1) is 0 Å². The first kappa shape index (κ1) is 17.2. The van der Waals surface area contributed by atoms with Crippen molar-refractivity contribution in [1.29, 1.82) is 0 Å². The van der Waals surface area contributed by atoms with Gasteiger partial charge in [0.2, 0.25) is 12.0 Å². The van der Waals surface area contributed by atoms with Crippen LogP contribution in [0.1, 0.15) is 0 Å². The van der Waals surface area contributed by atoms with E-state index >= 15 is 0 Å². The molecule has 0 aliphatic carbocycles. The van der Waals surface area contributed by atoms with Gasteiger partial charge in [-0.2, -0.15) is 0 Å². The number of benzene rings is 2. The summed E-state index contributed by atoms with van der Waals surface area (Å²) in [6.07, 6.45) is -2.60. The monoisotopic (exact) mass is 374 g/mol. The molecule has 1 fully saturated rings. The molecule has 2 aromatic carbocycles. The molecule has 0 radical (unpaired) electrons. The third-order valence-electron chi connectivity index (χ3n) is 4.03. The number of phenols is 3. The first-order chi connectivity index (χ1) is 12.9. The van der Waals surface area contributed by atoms with Crippen molar-refractivity contribution < 1.29 is 39.1 Å². The van der Waals surface area contributed by atoms with Gasteiger partial charge < -0.3 is 39.1 Å². The average molecular weight is 374 g/mol. The molecule has 1 aliphatic rings. The molecule has 1 aliphatic heterocycles. The van der Waals surface area contributed by atoms with Crippen molar-refractivity contribution in [3.05, 3.63) is 46.6 Å². The molecule has 1 aromatic heterocycles. The third-order valence-corrected chi connectivity index (χ3v) is 4.03. The lowest BCUT2D eigenvalue weighted by molar-refractivity contribution is -0.120. The number of aliphatic hydroxyl groups is 1. The fourth-order valence-electron chi connectivity index (χ4n) is 2.68. The Bertz CT molecular complexity index is 1060. The number of rotatable bonds is 3. The molecule has 9 nitrogen and oxygen atoms in total. The Morgan fingerprint density at radius 2 is 1.74 bits per heavy atom. The van der Waals surface area contributed by atoms with E-state index in [1.54, 1.807) is 12.1 Å². The Morgan fingerprint density at radius 3 is 2.41 bits per heavy atom. The largest absolute Gasteiger partial charge is 0.508 e. The van der Waals surface area contributed by atoms with Crippen molar-refractivity contribution >= 4 is 11.0 Å². The smallest absolute Gasteiger partial charge is 0.253 e. The zero-order valence-electron chi connectivity index (χ0n) is 13.7. The number of ether oxygens (including phenoxy) is 3. The fraction of sp³-hybridized carbons (Fsp3) is 0.167. The summed E-state index contributed by atoms with van der Waals surface area (Å²) in [5, 5.41) is 39.0. The second kappa shape index (κ2) is 6.47. The predicted molar refractivity (Wildman–Crippen MR) is 90.4 cm³/mol. The molecule has 0 spiro atoms. The van der Waals surface area contributed by atoms with Gasteiger partial charge in [-0.05, 0) is 24.3 Å². The zero-order chi connectivity index (χ0) is 19.1. The van der Waals surface area contributed by atoms with Gasteiger partial charge in [-0.3, -0.25) is 4.79 Å². The number of hydrogen-bond acceptors (Lipinski definition) is 9. The van der Waals surface area contributed by atoms with Gasteiger partial charge in [0.25, 0.3) is 6.29 Å². The summed E-state index contributed by atoms with van der Waals surface area (Å²) in [7, 11) is 0. The molecule has 0 amide bonds. The Hall–Kier alpha value is -3.27. The lowest BCUT2D eigenvalue weighted by Crippen LogP contribution is -2.28. The van der Waals surface area contributed by atoms with Crippen molar-refractivity contribution in [3.8, 4) is 34.3 Å². The minimum Gasteiger partial charge on any atom is -0.508 e. The molecular formula is C18H14O9. The summed E-state index contributed by atoms with van der Waals surface area (Å²) < 4.78 is 20.7. The Morgan fingerprint density at radius 1 is 1.00 bits per heavy atom. The van der Waals surface area contributed by atoms with E-state index in [2.05, 4.69) is 0 Å². The molecule has 1 saturated heterocycles. The highest BCUT2D eigenvalue weighted by molar-refractivity contribution is 5.89. The molecule has 3 aromatic rings. The topological polar surface area (TPSA) is 139 Å². The quantitative estimate of drug-likeness (QED) is 0.503. The van der Waals surface area contributed by atoms with Crippen molar-refractivity contribution in [3.63, 3.8) is 0 Å². The summed E-state index contributed by atoms with van der Waals surface area (Å²) >= 11 is 0. The van der Waals surface area contributed by atoms with Crippen LogP contribution in [0.5, 0.6) is 23.0 Å². The van der Waals surface area contributed by atoms with Crippen molar-refractivity contribution in [2.24, 2.45) is 0 Å². The van der Waals surface area contributed by atoms with Gasteiger partial charge in [-0.1, -0.05) is 0 Å². The van der Waals surface area contributed by atoms with Crippen LogP contribution in [0.15, 0.2) is 45.6 Å². The molecule has 0 saturated carbocycles. The first-order valence-corrected chi connectivity index (χ1v) is 7.84. The number of phenolic OH excluding ortho intramolecular Hbond substituents is 3. The average Bonchev–Trinajstić information content (AvgIpc) is 3.04. The van der Waals surface area contributed by atoms with E-state index in [0.29, 0.717) is 5.56 Å². The van der Waals surface area contributed by atoms with Crippen LogP contribution in [-0.2, 0) is 9.47 Å². The van der Waals surface area contributed by atoms with Crippen LogP contribution < -0.4 is 10.2 Å². The maximum atomic E-state index is 12.4. The fourth-order valence-corrected chi connectivity index (χ4v) is 2.68. The number of fused-ring (bicyclic) bond motifs is 1. The zero-order valence-corrected chi connectivity index (χ0v) is 13.7. The van der Waals surface area contributed by atoms with Crippen LogP contribution >= 0.6 is 0 Å². The van der Waals surface area contributed by atoms with Gasteiger partial charge >= 0.3 is 0 Å². The van der Waals surface area contributed by atoms with E-state index < -0.39 is 29.5 Å². The summed E-state index contributed by atoms with van der Waals surface area (Å²) in [5.41, 5.74) is -0.117. The van der Waals surface area contributed by atoms with E-state index in [-0.39, 0.29) is 35.0 Å². The minimum atomic E-state index is -1.38. The van der Waals surface area contributed by atoms with Crippen LogP contribution in [0.4, 0.5) is 0 Å². The number of aromatic hydroxyl groups is 3. The SMILES string of the molecule is O=c1cc(-c2ccc(O)cc2)oc2cc(OC3OCOC3O)c(O)c(O)c12. The second-order valence-corrected chi connectivity index (χ2v) is 5.79. The van der Waals surface area contributed by atoms with E-state index in [4.69, 9.17) is 18.6 Å². The van der Waals surface area contributed by atoms with E-state index in [0.717, 1.165) is 6.07 Å². The van der Waals surface area contributed by atoms with Gasteiger partial charge in [0.1, 0.15) is 22.5 Å². The molecule has 2 atom stereocenters. The summed E-state index contributed by atoms with van der Waals surface area (Å²) in [5.74, 6) is -1.45. The van der Waals surface area contributed by atoms with E-state index in [9.17, 15) is 25.2 Å². The Labute approximate surface area is 151 Å². The normalized spacial score (nSPS) is 19.4. The molecular weight excluding hydrogens is 360 g/mol. The lowest BCUT2D eigenvalue weighted by Gasteiger charge is -2.16. The first-order valence-electron chi connectivity index (χ1n) is 7.84. The standard InChI is InChI=1S/C18H14O9/c19-9-3-1-8(2-4-9)11-5-10(20)14-12(26-11)6-13(15(21)16(14)22)27-18-17(23)24-7-25-18/h1-6,17-19,21-23H,7H2. The molecule has 2 unspecified atom stereocenters. The molecule has 27 heavy (non-hydrogen) atoms. The van der Waals surface area contributed by atoms with Crippen molar-refractivity contribution in [2.75, 3.05) is 6.79 Å². The van der Waals surface area contributed by atoms with E-state index in [1.807, 2.05) is 0 Å². The second-order valence-electron chi connectivity index (χ2n) is 5.79. The molecule has 9 heteroatoms. The molecule has 4 rings (SSSR count). The Balaban J connectivity index is 1.83. The van der Waals surface area contributed by atoms with Gasteiger partial charge in [0.15, 0.2) is 23.7 Å². The molecule has 2 heterocycles. The highest BCUT2D eigenvalue weighted by Gasteiger charge is 2.31. The van der Waals surface area contributed by atoms with Crippen LogP contribution in [0.2, 0.25) is 0 Å². The van der Waals surface area contributed by atoms with Gasteiger partial charge in [0, 0.05) is 17.7 Å². The van der Waals surface area contributed by atoms with Crippen LogP contribution in [-0.4, -0.2) is 39.8 Å². The van der Waals surface area contributed by atoms with Crippen molar-refractivity contribution in [2.45, 2.75) is 12.6 Å². The summed E-state index contributed by atoms with van der Waals surface area (Å²) in [4.78, 5) is 12.4. The van der Waals surface area contributed by atoms with Gasteiger partial charge in [0.05, 0.1) is 0 Å². The molecule has 140 valence electrons. The predicted octanol–water partition coefficient (Wildman–Crippen LogP) is 1.60. The summed E-state index contributed by atoms with van der Waals surface area (Å²) in [6, 6.07) is 8.33. The highest BCUT2D eigenvalue weighted by Crippen LogP contribution is 2.42.